The summed E-state index contributed by atoms with van der Waals surface area (Å²) in [5.74, 6) is 0.658. The summed E-state index contributed by atoms with van der Waals surface area (Å²) >= 11 is 12.1. The van der Waals surface area contributed by atoms with Gasteiger partial charge in [0.05, 0.1) is 0 Å². The summed E-state index contributed by atoms with van der Waals surface area (Å²) < 4.78 is 0. The van der Waals surface area contributed by atoms with Crippen molar-refractivity contribution in [1.29, 1.82) is 0 Å². The summed E-state index contributed by atoms with van der Waals surface area (Å²) in [5.41, 5.74) is 1.09. The topological polar surface area (TPSA) is 32.3 Å². The molecule has 108 valence electrons. The van der Waals surface area contributed by atoms with E-state index in [0.717, 1.165) is 31.6 Å². The molecule has 1 saturated heterocycles. The zero-order valence-electron chi connectivity index (χ0n) is 11.4. The SMILES string of the molecule is C[C@H]1CNCCN1C(=O)C1CC1c1cc(Cl)cc(Cl)c1. The van der Waals surface area contributed by atoms with Crippen molar-refractivity contribution in [2.45, 2.75) is 25.3 Å². The minimum absolute atomic E-state index is 0.102. The van der Waals surface area contributed by atoms with E-state index in [1.165, 1.54) is 0 Å². The van der Waals surface area contributed by atoms with Crippen LogP contribution in [0.1, 0.15) is 24.8 Å². The molecule has 0 bridgehead atoms. The van der Waals surface area contributed by atoms with E-state index < -0.39 is 0 Å². The van der Waals surface area contributed by atoms with Crippen LogP contribution in [0, 0.1) is 5.92 Å². The van der Waals surface area contributed by atoms with Gasteiger partial charge in [0, 0.05) is 41.6 Å². The van der Waals surface area contributed by atoms with Crippen LogP contribution in [-0.2, 0) is 4.79 Å². The lowest BCUT2D eigenvalue weighted by molar-refractivity contribution is -0.135. The standard InChI is InChI=1S/C15H18Cl2N2O/c1-9-8-18-2-3-19(9)15(20)14-7-13(14)10-4-11(16)6-12(17)5-10/h4-6,9,13-14,18H,2-3,7-8H2,1H3/t9-,13?,14?/m0/s1. The van der Waals surface area contributed by atoms with Gasteiger partial charge >= 0.3 is 0 Å². The van der Waals surface area contributed by atoms with E-state index in [0.29, 0.717) is 10.0 Å². The third-order valence-electron chi connectivity index (χ3n) is 4.21. The molecule has 2 fully saturated rings. The Morgan fingerprint density at radius 1 is 1.30 bits per heavy atom. The van der Waals surface area contributed by atoms with Crippen LogP contribution in [-0.4, -0.2) is 36.5 Å². The van der Waals surface area contributed by atoms with Crippen molar-refractivity contribution >= 4 is 29.1 Å². The van der Waals surface area contributed by atoms with Crippen LogP contribution in [0.2, 0.25) is 10.0 Å². The molecule has 1 aliphatic carbocycles. The molecule has 1 heterocycles. The van der Waals surface area contributed by atoms with Gasteiger partial charge in [0.15, 0.2) is 0 Å². The first-order valence-electron chi connectivity index (χ1n) is 7.03. The van der Waals surface area contributed by atoms with E-state index in [2.05, 4.69) is 12.2 Å². The van der Waals surface area contributed by atoms with Gasteiger partial charge < -0.3 is 10.2 Å². The first kappa shape index (κ1) is 14.2. The highest BCUT2D eigenvalue weighted by atomic mass is 35.5. The number of benzene rings is 1. The first-order chi connectivity index (χ1) is 9.56. The normalized spacial score (nSPS) is 29.4. The number of hydrogen-bond donors (Lipinski definition) is 1. The van der Waals surface area contributed by atoms with Crippen LogP contribution in [0.4, 0.5) is 0 Å². The van der Waals surface area contributed by atoms with Gasteiger partial charge in [0.2, 0.25) is 5.91 Å². The van der Waals surface area contributed by atoms with Gasteiger partial charge in [-0.3, -0.25) is 4.79 Å². The largest absolute Gasteiger partial charge is 0.337 e. The fourth-order valence-corrected chi connectivity index (χ4v) is 3.55. The number of rotatable bonds is 2. The van der Waals surface area contributed by atoms with E-state index in [9.17, 15) is 4.79 Å². The zero-order chi connectivity index (χ0) is 14.3. The Balaban J connectivity index is 1.70. The molecule has 0 spiro atoms. The summed E-state index contributed by atoms with van der Waals surface area (Å²) in [6.07, 6.45) is 0.909. The summed E-state index contributed by atoms with van der Waals surface area (Å²) in [6, 6.07) is 5.85. The summed E-state index contributed by atoms with van der Waals surface area (Å²) in [5, 5.41) is 4.59. The molecular weight excluding hydrogens is 295 g/mol. The van der Waals surface area contributed by atoms with Crippen molar-refractivity contribution in [3.8, 4) is 0 Å². The predicted molar refractivity (Wildman–Crippen MR) is 81.4 cm³/mol. The lowest BCUT2D eigenvalue weighted by atomic mass is 10.1. The average molecular weight is 313 g/mol. The predicted octanol–water partition coefficient (Wildman–Crippen LogP) is 2.92. The zero-order valence-corrected chi connectivity index (χ0v) is 12.9. The van der Waals surface area contributed by atoms with Crippen molar-refractivity contribution in [2.24, 2.45) is 5.92 Å². The Morgan fingerprint density at radius 2 is 2.00 bits per heavy atom. The lowest BCUT2D eigenvalue weighted by Gasteiger charge is -2.34. The number of amides is 1. The molecule has 0 radical (unpaired) electrons. The third kappa shape index (κ3) is 2.80. The number of nitrogens with one attached hydrogen (secondary N) is 1. The Morgan fingerprint density at radius 3 is 2.65 bits per heavy atom. The highest BCUT2D eigenvalue weighted by Crippen LogP contribution is 2.49. The van der Waals surface area contributed by atoms with Crippen LogP contribution in [0.5, 0.6) is 0 Å². The van der Waals surface area contributed by atoms with Crippen molar-refractivity contribution < 1.29 is 4.79 Å². The van der Waals surface area contributed by atoms with Gasteiger partial charge in [0.1, 0.15) is 0 Å². The maximum atomic E-state index is 12.6. The number of piperazine rings is 1. The van der Waals surface area contributed by atoms with Crippen LogP contribution in [0.15, 0.2) is 18.2 Å². The maximum absolute atomic E-state index is 12.6. The van der Waals surface area contributed by atoms with Gasteiger partial charge in [0.25, 0.3) is 0 Å². The number of hydrogen-bond acceptors (Lipinski definition) is 2. The molecule has 0 aromatic heterocycles. The van der Waals surface area contributed by atoms with Crippen molar-refractivity contribution in [3.63, 3.8) is 0 Å². The maximum Gasteiger partial charge on any atom is 0.226 e. The molecular formula is C15H18Cl2N2O. The number of halogens is 2. The van der Waals surface area contributed by atoms with Gasteiger partial charge in [-0.2, -0.15) is 0 Å². The van der Waals surface area contributed by atoms with Gasteiger partial charge in [-0.15, -0.1) is 0 Å². The summed E-state index contributed by atoms with van der Waals surface area (Å²) in [6.45, 7) is 4.67. The van der Waals surface area contributed by atoms with Crippen LogP contribution in [0.25, 0.3) is 0 Å². The highest BCUT2D eigenvalue weighted by Gasteiger charge is 2.46. The molecule has 1 aromatic carbocycles. The Bertz CT molecular complexity index is 514. The molecule has 20 heavy (non-hydrogen) atoms. The molecule has 1 aromatic rings. The van der Waals surface area contributed by atoms with Gasteiger partial charge in [-0.05, 0) is 43.0 Å². The Hall–Kier alpha value is -0.770. The molecule has 2 unspecified atom stereocenters. The van der Waals surface area contributed by atoms with E-state index in [4.69, 9.17) is 23.2 Å². The number of carbonyl (C=O) groups excluding carboxylic acids is 1. The molecule has 1 aliphatic heterocycles. The second-order valence-electron chi connectivity index (χ2n) is 5.74. The second-order valence-corrected chi connectivity index (χ2v) is 6.61. The van der Waals surface area contributed by atoms with Gasteiger partial charge in [-0.1, -0.05) is 23.2 Å². The molecule has 1 saturated carbocycles. The molecule has 2 aliphatic rings. The molecule has 1 N–H and O–H groups in total. The summed E-state index contributed by atoms with van der Waals surface area (Å²) in [4.78, 5) is 14.6. The monoisotopic (exact) mass is 312 g/mol. The van der Waals surface area contributed by atoms with Crippen LogP contribution >= 0.6 is 23.2 Å². The van der Waals surface area contributed by atoms with Crippen molar-refractivity contribution in [3.05, 3.63) is 33.8 Å². The molecule has 5 heteroatoms. The number of nitrogens with zero attached hydrogens (tertiary/aromatic N) is 1. The smallest absolute Gasteiger partial charge is 0.226 e. The van der Waals surface area contributed by atoms with Crippen LogP contribution in [0.3, 0.4) is 0 Å². The number of carbonyl (C=O) groups is 1. The molecule has 1 amide bonds. The second kappa shape index (κ2) is 5.55. The average Bonchev–Trinajstić information content (AvgIpc) is 3.17. The fraction of sp³-hybridized carbons (Fsp3) is 0.533. The minimum atomic E-state index is 0.102. The quantitative estimate of drug-likeness (QED) is 0.910. The first-order valence-corrected chi connectivity index (χ1v) is 7.79. The third-order valence-corrected chi connectivity index (χ3v) is 4.64. The van der Waals surface area contributed by atoms with Crippen molar-refractivity contribution in [1.82, 2.24) is 10.2 Å². The summed E-state index contributed by atoms with van der Waals surface area (Å²) in [7, 11) is 0. The van der Waals surface area contributed by atoms with E-state index in [1.807, 2.05) is 17.0 Å². The lowest BCUT2D eigenvalue weighted by Crippen LogP contribution is -2.52. The Labute approximate surface area is 129 Å². The molecule has 3 nitrogen and oxygen atoms in total. The van der Waals surface area contributed by atoms with Gasteiger partial charge in [-0.25, -0.2) is 0 Å². The van der Waals surface area contributed by atoms with E-state index in [-0.39, 0.29) is 23.8 Å². The highest BCUT2D eigenvalue weighted by molar-refractivity contribution is 6.34. The van der Waals surface area contributed by atoms with E-state index >= 15 is 0 Å². The minimum Gasteiger partial charge on any atom is -0.337 e. The Kier molecular flexibility index (Phi) is 3.93. The van der Waals surface area contributed by atoms with Crippen LogP contribution < -0.4 is 5.32 Å². The van der Waals surface area contributed by atoms with E-state index in [1.54, 1.807) is 6.07 Å². The molecule has 3 atom stereocenters. The fourth-order valence-electron chi connectivity index (χ4n) is 3.01. The van der Waals surface area contributed by atoms with Crippen molar-refractivity contribution in [2.75, 3.05) is 19.6 Å². The molecule has 3 rings (SSSR count).